The Morgan fingerprint density at radius 1 is 0.769 bits per heavy atom. The quantitative estimate of drug-likeness (QED) is 0.386. The summed E-state index contributed by atoms with van der Waals surface area (Å²) < 4.78 is 129. The molecule has 26 heavy (non-hydrogen) atoms. The SMILES string of the molecule is O=S(=O)(OC1=CCCC[C@]12CCC=C2OS(=O)(=O)C(F)(F)F)C(F)(F)F. The lowest BCUT2D eigenvalue weighted by atomic mass is 9.75. The van der Waals surface area contributed by atoms with Crippen LogP contribution in [-0.4, -0.2) is 27.9 Å². The van der Waals surface area contributed by atoms with E-state index in [-0.39, 0.29) is 32.1 Å². The molecule has 0 saturated heterocycles. The second-order valence-electron chi connectivity index (χ2n) is 5.62. The van der Waals surface area contributed by atoms with Gasteiger partial charge in [-0.1, -0.05) is 0 Å². The molecular formula is C12H12F6O6S2. The van der Waals surface area contributed by atoms with Crippen LogP contribution in [0.2, 0.25) is 0 Å². The summed E-state index contributed by atoms with van der Waals surface area (Å²) in [6, 6.07) is 0. The lowest BCUT2D eigenvalue weighted by molar-refractivity contribution is -0.0549. The summed E-state index contributed by atoms with van der Waals surface area (Å²) in [5, 5.41) is 0. The zero-order valence-corrected chi connectivity index (χ0v) is 14.4. The molecular weight excluding hydrogens is 418 g/mol. The van der Waals surface area contributed by atoms with Gasteiger partial charge < -0.3 is 8.37 Å². The molecule has 2 aliphatic carbocycles. The monoisotopic (exact) mass is 430 g/mol. The number of allylic oxidation sites excluding steroid dienone is 2. The molecule has 150 valence electrons. The normalized spacial score (nSPS) is 25.0. The largest absolute Gasteiger partial charge is 0.534 e. The molecule has 0 aliphatic heterocycles. The van der Waals surface area contributed by atoms with Crippen LogP contribution in [0.1, 0.15) is 32.1 Å². The number of halogens is 6. The van der Waals surface area contributed by atoms with Crippen molar-refractivity contribution in [2.75, 3.05) is 0 Å². The Kier molecular flexibility index (Phi) is 5.07. The third-order valence-corrected chi connectivity index (χ3v) is 5.88. The van der Waals surface area contributed by atoms with E-state index in [4.69, 9.17) is 0 Å². The third kappa shape index (κ3) is 3.66. The Labute approximate surface area is 144 Å². The van der Waals surface area contributed by atoms with Crippen LogP contribution < -0.4 is 0 Å². The number of hydrogen-bond donors (Lipinski definition) is 0. The van der Waals surface area contributed by atoms with E-state index in [2.05, 4.69) is 8.37 Å². The first-order chi connectivity index (χ1) is 11.6. The molecule has 0 amide bonds. The molecule has 6 nitrogen and oxygen atoms in total. The Bertz CT molecular complexity index is 836. The van der Waals surface area contributed by atoms with Gasteiger partial charge in [-0.05, 0) is 44.3 Å². The standard InChI is InChI=1S/C12H12F6O6S2/c13-11(14,15)25(19,20)23-8-4-1-2-6-10(8)7-3-5-9(10)24-26(21,22)12(16,17)18/h4-5H,1-3,6-7H2/t10-/m0/s1. The van der Waals surface area contributed by atoms with Gasteiger partial charge >= 0.3 is 31.3 Å². The highest BCUT2D eigenvalue weighted by Crippen LogP contribution is 2.54. The van der Waals surface area contributed by atoms with Crippen molar-refractivity contribution in [3.05, 3.63) is 23.7 Å². The first kappa shape index (κ1) is 20.9. The van der Waals surface area contributed by atoms with Gasteiger partial charge in [0.2, 0.25) is 0 Å². The van der Waals surface area contributed by atoms with Gasteiger partial charge in [-0.2, -0.15) is 43.2 Å². The molecule has 0 bridgehead atoms. The number of rotatable bonds is 4. The summed E-state index contributed by atoms with van der Waals surface area (Å²) in [4.78, 5) is 0. The second kappa shape index (κ2) is 6.32. The van der Waals surface area contributed by atoms with Crippen LogP contribution in [0.4, 0.5) is 26.3 Å². The summed E-state index contributed by atoms with van der Waals surface area (Å²) in [6.45, 7) is 0. The summed E-state index contributed by atoms with van der Waals surface area (Å²) in [6.07, 6.45) is 1.98. The Hall–Kier alpha value is -1.44. The van der Waals surface area contributed by atoms with E-state index in [0.29, 0.717) is 0 Å². The second-order valence-corrected chi connectivity index (χ2v) is 8.69. The third-order valence-electron chi connectivity index (χ3n) is 3.95. The maximum Gasteiger partial charge on any atom is 0.534 e. The van der Waals surface area contributed by atoms with Crippen LogP contribution in [0.15, 0.2) is 23.7 Å². The molecule has 2 rings (SSSR count). The average molecular weight is 430 g/mol. The molecule has 0 fully saturated rings. The zero-order chi connectivity index (χ0) is 20.0. The topological polar surface area (TPSA) is 86.7 Å². The highest BCUT2D eigenvalue weighted by atomic mass is 32.2. The van der Waals surface area contributed by atoms with Gasteiger partial charge in [0.15, 0.2) is 0 Å². The predicted molar refractivity (Wildman–Crippen MR) is 73.8 cm³/mol. The first-order valence-corrected chi connectivity index (χ1v) is 9.87. The highest BCUT2D eigenvalue weighted by molar-refractivity contribution is 7.88. The summed E-state index contributed by atoms with van der Waals surface area (Å²) in [7, 11) is -12.2. The van der Waals surface area contributed by atoms with Crippen molar-refractivity contribution in [3.63, 3.8) is 0 Å². The van der Waals surface area contributed by atoms with Gasteiger partial charge in [0.1, 0.15) is 11.5 Å². The fourth-order valence-electron chi connectivity index (χ4n) is 2.78. The molecule has 0 N–H and O–H groups in total. The Morgan fingerprint density at radius 2 is 1.19 bits per heavy atom. The van der Waals surface area contributed by atoms with Crippen molar-refractivity contribution >= 4 is 20.2 Å². The van der Waals surface area contributed by atoms with Crippen LogP contribution in [0.25, 0.3) is 0 Å². The maximum atomic E-state index is 12.6. The van der Waals surface area contributed by atoms with Gasteiger partial charge in [0.05, 0.1) is 5.41 Å². The average Bonchev–Trinajstić information content (AvgIpc) is 2.82. The summed E-state index contributed by atoms with van der Waals surface area (Å²) in [5.41, 5.74) is -13.3. The van der Waals surface area contributed by atoms with E-state index in [0.717, 1.165) is 12.2 Å². The Balaban J connectivity index is 2.41. The van der Waals surface area contributed by atoms with Crippen molar-refractivity contribution in [1.29, 1.82) is 0 Å². The van der Waals surface area contributed by atoms with Gasteiger partial charge in [-0.15, -0.1) is 0 Å². The molecule has 2 aliphatic rings. The fraction of sp³-hybridized carbons (Fsp3) is 0.667. The minimum Gasteiger partial charge on any atom is -0.380 e. The smallest absolute Gasteiger partial charge is 0.380 e. The summed E-state index contributed by atoms with van der Waals surface area (Å²) >= 11 is 0. The van der Waals surface area contributed by atoms with E-state index >= 15 is 0 Å². The fourth-order valence-corrected chi connectivity index (χ4v) is 3.89. The predicted octanol–water partition coefficient (Wildman–Crippen LogP) is 3.45. The minimum absolute atomic E-state index is 0.0323. The number of hydrogen-bond acceptors (Lipinski definition) is 6. The van der Waals surface area contributed by atoms with E-state index in [1.165, 1.54) is 0 Å². The van der Waals surface area contributed by atoms with Gasteiger partial charge in [-0.3, -0.25) is 0 Å². The zero-order valence-electron chi connectivity index (χ0n) is 12.7. The van der Waals surface area contributed by atoms with E-state index in [1.54, 1.807) is 0 Å². The molecule has 0 radical (unpaired) electrons. The molecule has 0 aromatic carbocycles. The molecule has 0 aromatic heterocycles. The van der Waals surface area contributed by atoms with E-state index in [1.807, 2.05) is 0 Å². The van der Waals surface area contributed by atoms with Crippen LogP contribution in [0.5, 0.6) is 0 Å². The van der Waals surface area contributed by atoms with Gasteiger partial charge in [-0.25, -0.2) is 0 Å². The lowest BCUT2D eigenvalue weighted by Crippen LogP contribution is -2.35. The van der Waals surface area contributed by atoms with Gasteiger partial charge in [0, 0.05) is 0 Å². The van der Waals surface area contributed by atoms with E-state index < -0.39 is 48.2 Å². The van der Waals surface area contributed by atoms with Crippen LogP contribution in [0.3, 0.4) is 0 Å². The van der Waals surface area contributed by atoms with Gasteiger partial charge in [0.25, 0.3) is 0 Å². The van der Waals surface area contributed by atoms with E-state index in [9.17, 15) is 43.2 Å². The van der Waals surface area contributed by atoms with Crippen LogP contribution in [0, 0.1) is 5.41 Å². The molecule has 1 atom stereocenters. The van der Waals surface area contributed by atoms with Crippen molar-refractivity contribution in [2.45, 2.75) is 43.1 Å². The Morgan fingerprint density at radius 3 is 1.62 bits per heavy atom. The summed E-state index contributed by atoms with van der Waals surface area (Å²) in [5.74, 6) is -1.58. The molecule has 1 spiro atoms. The molecule has 0 unspecified atom stereocenters. The minimum atomic E-state index is -6.08. The molecule has 0 aromatic rings. The van der Waals surface area contributed by atoms with Crippen LogP contribution >= 0.6 is 0 Å². The first-order valence-electron chi connectivity index (χ1n) is 7.05. The van der Waals surface area contributed by atoms with Crippen LogP contribution in [-0.2, 0) is 28.6 Å². The van der Waals surface area contributed by atoms with Crippen molar-refractivity contribution < 1.29 is 51.5 Å². The molecule has 0 heterocycles. The van der Waals surface area contributed by atoms with Crippen molar-refractivity contribution in [1.82, 2.24) is 0 Å². The number of alkyl halides is 6. The molecule has 0 saturated carbocycles. The molecule has 14 heteroatoms. The highest BCUT2D eigenvalue weighted by Gasteiger charge is 2.56. The lowest BCUT2D eigenvalue weighted by Gasteiger charge is -2.35. The maximum absolute atomic E-state index is 12.6. The van der Waals surface area contributed by atoms with Crippen molar-refractivity contribution in [2.24, 2.45) is 5.41 Å². The van der Waals surface area contributed by atoms with Crippen molar-refractivity contribution in [3.8, 4) is 0 Å².